The number of likely N-dealkylation sites (tertiary alicyclic amines) is 1. The number of hydrogen-bond acceptors (Lipinski definition) is 6. The molecule has 1 saturated carbocycles. The van der Waals surface area contributed by atoms with E-state index >= 15 is 0 Å². The van der Waals surface area contributed by atoms with Crippen LogP contribution < -0.4 is 4.90 Å². The predicted octanol–water partition coefficient (Wildman–Crippen LogP) is 1.84. The summed E-state index contributed by atoms with van der Waals surface area (Å²) in [6.45, 7) is 5.35. The van der Waals surface area contributed by atoms with Crippen LogP contribution in [0.15, 0.2) is 24.3 Å². The molecule has 3 fully saturated rings. The van der Waals surface area contributed by atoms with Crippen LogP contribution in [0.3, 0.4) is 0 Å². The van der Waals surface area contributed by atoms with Crippen molar-refractivity contribution >= 4 is 29.2 Å². The van der Waals surface area contributed by atoms with E-state index < -0.39 is 0 Å². The van der Waals surface area contributed by atoms with Crippen molar-refractivity contribution in [3.05, 3.63) is 29.4 Å². The van der Waals surface area contributed by atoms with Crippen LogP contribution in [0.25, 0.3) is 0 Å². The predicted molar refractivity (Wildman–Crippen MR) is 109 cm³/mol. The lowest BCUT2D eigenvalue weighted by Crippen LogP contribution is -2.47. The Labute approximate surface area is 175 Å². The van der Waals surface area contributed by atoms with Crippen molar-refractivity contribution in [2.24, 2.45) is 23.7 Å². The molecule has 0 N–H and O–H groups in total. The molecule has 2 amide bonds. The van der Waals surface area contributed by atoms with Gasteiger partial charge in [0.15, 0.2) is 11.0 Å². The fourth-order valence-electron chi connectivity index (χ4n) is 5.47. The van der Waals surface area contributed by atoms with Gasteiger partial charge in [-0.25, -0.2) is 0 Å². The molecule has 0 aromatic carbocycles. The van der Waals surface area contributed by atoms with E-state index in [4.69, 9.17) is 11.6 Å². The van der Waals surface area contributed by atoms with Gasteiger partial charge in [0.1, 0.15) is 0 Å². The Morgan fingerprint density at radius 2 is 1.55 bits per heavy atom. The zero-order valence-electron chi connectivity index (χ0n) is 16.4. The van der Waals surface area contributed by atoms with Crippen molar-refractivity contribution in [3.8, 4) is 0 Å². The number of carbonyl (C=O) groups excluding carboxylic acids is 2. The average molecular weight is 416 g/mol. The standard InChI is InChI=1S/C21H26ClN5O2/c22-16-5-6-17(24-23-16)26-11-9-25(10-12-26)7-1-2-8-27-20(28)18-14-3-4-15(13-14)19(18)21(27)29/h3-6,14-15,18-19H,1-2,7-13H2. The molecular weight excluding hydrogens is 390 g/mol. The van der Waals surface area contributed by atoms with Gasteiger partial charge in [0.25, 0.3) is 0 Å². The van der Waals surface area contributed by atoms with E-state index in [1.165, 1.54) is 0 Å². The van der Waals surface area contributed by atoms with Gasteiger partial charge in [-0.05, 0) is 49.8 Å². The van der Waals surface area contributed by atoms with Crippen LogP contribution in [0.5, 0.6) is 0 Å². The fourth-order valence-corrected chi connectivity index (χ4v) is 5.57. The van der Waals surface area contributed by atoms with Crippen molar-refractivity contribution < 1.29 is 9.59 Å². The van der Waals surface area contributed by atoms with Gasteiger partial charge >= 0.3 is 0 Å². The molecule has 29 heavy (non-hydrogen) atoms. The van der Waals surface area contributed by atoms with E-state index in [2.05, 4.69) is 32.1 Å². The molecule has 2 aliphatic carbocycles. The highest BCUT2D eigenvalue weighted by molar-refractivity contribution is 6.29. The third-order valence-electron chi connectivity index (χ3n) is 6.98. The number of unbranched alkanes of at least 4 members (excludes halogenated alkanes) is 1. The Balaban J connectivity index is 1.05. The molecule has 8 heteroatoms. The first-order valence-electron chi connectivity index (χ1n) is 10.6. The summed E-state index contributed by atoms with van der Waals surface area (Å²) in [4.78, 5) is 31.6. The molecule has 2 saturated heterocycles. The van der Waals surface area contributed by atoms with Crippen molar-refractivity contribution in [3.63, 3.8) is 0 Å². The topological polar surface area (TPSA) is 69.6 Å². The van der Waals surface area contributed by atoms with E-state index in [9.17, 15) is 9.59 Å². The Bertz CT molecular complexity index is 791. The highest BCUT2D eigenvalue weighted by atomic mass is 35.5. The molecule has 1 aromatic heterocycles. The van der Waals surface area contributed by atoms with Crippen LogP contribution in [0.4, 0.5) is 5.82 Å². The van der Waals surface area contributed by atoms with E-state index in [1.807, 2.05) is 6.07 Å². The molecule has 4 unspecified atom stereocenters. The Morgan fingerprint density at radius 3 is 2.17 bits per heavy atom. The van der Waals surface area contributed by atoms with Gasteiger partial charge in [-0.3, -0.25) is 19.4 Å². The minimum Gasteiger partial charge on any atom is -0.353 e. The third kappa shape index (κ3) is 3.44. The summed E-state index contributed by atoms with van der Waals surface area (Å²) in [6, 6.07) is 3.68. The second kappa shape index (κ2) is 7.69. The van der Waals surface area contributed by atoms with Gasteiger partial charge in [-0.2, -0.15) is 0 Å². The van der Waals surface area contributed by atoms with Crippen LogP contribution in [0, 0.1) is 23.7 Å². The molecule has 2 aliphatic heterocycles. The number of rotatable bonds is 6. The molecule has 0 spiro atoms. The molecule has 4 atom stereocenters. The maximum absolute atomic E-state index is 12.7. The second-order valence-corrected chi connectivity index (χ2v) is 8.97. The van der Waals surface area contributed by atoms with Crippen LogP contribution in [0.1, 0.15) is 19.3 Å². The van der Waals surface area contributed by atoms with Crippen LogP contribution in [-0.2, 0) is 9.59 Å². The van der Waals surface area contributed by atoms with Gasteiger partial charge in [0.2, 0.25) is 11.8 Å². The summed E-state index contributed by atoms with van der Waals surface area (Å²) < 4.78 is 0. The molecule has 5 rings (SSSR count). The summed E-state index contributed by atoms with van der Waals surface area (Å²) in [7, 11) is 0. The average Bonchev–Trinajstić information content (AvgIpc) is 3.41. The minimum absolute atomic E-state index is 0.0680. The maximum atomic E-state index is 12.7. The van der Waals surface area contributed by atoms with E-state index in [0.717, 1.165) is 57.8 Å². The molecule has 1 aromatic rings. The summed E-state index contributed by atoms with van der Waals surface area (Å²) >= 11 is 5.81. The number of fused-ring (bicyclic) bond motifs is 5. The number of nitrogens with zero attached hydrogens (tertiary/aromatic N) is 5. The van der Waals surface area contributed by atoms with Gasteiger partial charge in [-0.15, -0.1) is 10.2 Å². The zero-order valence-corrected chi connectivity index (χ0v) is 17.2. The largest absolute Gasteiger partial charge is 0.353 e. The zero-order chi connectivity index (χ0) is 20.0. The molecule has 4 aliphatic rings. The Kier molecular flexibility index (Phi) is 5.04. The van der Waals surface area contributed by atoms with Crippen molar-refractivity contribution in [1.29, 1.82) is 0 Å². The summed E-state index contributed by atoms with van der Waals surface area (Å²) in [6.07, 6.45) is 7.17. The van der Waals surface area contributed by atoms with Crippen molar-refractivity contribution in [1.82, 2.24) is 20.0 Å². The highest BCUT2D eigenvalue weighted by Gasteiger charge is 2.58. The van der Waals surface area contributed by atoms with Crippen molar-refractivity contribution in [2.45, 2.75) is 19.3 Å². The number of carbonyl (C=O) groups is 2. The summed E-state index contributed by atoms with van der Waals surface area (Å²) in [5.74, 6) is 1.49. The lowest BCUT2D eigenvalue weighted by Gasteiger charge is -2.35. The normalized spacial score (nSPS) is 31.2. The lowest BCUT2D eigenvalue weighted by atomic mass is 9.85. The summed E-state index contributed by atoms with van der Waals surface area (Å²) in [5, 5.41) is 8.48. The monoisotopic (exact) mass is 415 g/mol. The number of imide groups is 1. The van der Waals surface area contributed by atoms with Gasteiger partial charge in [0.05, 0.1) is 11.8 Å². The maximum Gasteiger partial charge on any atom is 0.233 e. The molecule has 2 bridgehead atoms. The van der Waals surface area contributed by atoms with Crippen LogP contribution in [0.2, 0.25) is 5.15 Å². The third-order valence-corrected chi connectivity index (χ3v) is 7.18. The molecule has 154 valence electrons. The number of hydrogen-bond donors (Lipinski definition) is 0. The van der Waals surface area contributed by atoms with Crippen LogP contribution >= 0.6 is 11.6 Å². The minimum atomic E-state index is -0.0680. The Morgan fingerprint density at radius 1 is 0.897 bits per heavy atom. The number of aromatic nitrogens is 2. The lowest BCUT2D eigenvalue weighted by molar-refractivity contribution is -0.140. The van der Waals surface area contributed by atoms with E-state index in [0.29, 0.717) is 23.5 Å². The first kappa shape index (κ1) is 19.0. The molecular formula is C21H26ClN5O2. The number of piperazine rings is 1. The molecule has 0 radical (unpaired) electrons. The van der Waals surface area contributed by atoms with Crippen LogP contribution in [-0.4, -0.2) is 71.1 Å². The quantitative estimate of drug-likeness (QED) is 0.401. The number of halogens is 1. The smallest absolute Gasteiger partial charge is 0.233 e. The number of allylic oxidation sites excluding steroid dienone is 2. The molecule has 3 heterocycles. The summed E-state index contributed by atoms with van der Waals surface area (Å²) in [5.41, 5.74) is 0. The number of anilines is 1. The van der Waals surface area contributed by atoms with E-state index in [1.54, 1.807) is 11.0 Å². The first-order valence-corrected chi connectivity index (χ1v) is 11.0. The molecule has 7 nitrogen and oxygen atoms in total. The SMILES string of the molecule is O=C1C2C3C=CC(C3)C2C(=O)N1CCCCN1CCN(c2ccc(Cl)nn2)CC1. The van der Waals surface area contributed by atoms with Gasteiger partial charge in [0, 0.05) is 32.7 Å². The van der Waals surface area contributed by atoms with E-state index in [-0.39, 0.29) is 23.7 Å². The fraction of sp³-hybridized carbons (Fsp3) is 0.619. The van der Waals surface area contributed by atoms with Crippen molar-refractivity contribution in [2.75, 3.05) is 44.2 Å². The van der Waals surface area contributed by atoms with Gasteiger partial charge in [-0.1, -0.05) is 23.8 Å². The van der Waals surface area contributed by atoms with Gasteiger partial charge < -0.3 is 4.90 Å². The Hall–Kier alpha value is -1.99. The number of amides is 2. The second-order valence-electron chi connectivity index (χ2n) is 8.58. The highest BCUT2D eigenvalue weighted by Crippen LogP contribution is 2.52. The first-order chi connectivity index (χ1) is 14.1.